The number of halogens is 2. The third-order valence-corrected chi connectivity index (χ3v) is 4.46. The number of nitrogens with zero attached hydrogens (tertiary/aromatic N) is 1. The summed E-state index contributed by atoms with van der Waals surface area (Å²) in [5.74, 6) is 0.276. The van der Waals surface area contributed by atoms with Crippen LogP contribution in [-0.2, 0) is 6.42 Å². The number of rotatable bonds is 5. The highest BCUT2D eigenvalue weighted by Crippen LogP contribution is 2.27. The SMILES string of the molecule is O=C(NCC1CC1)c1ccncc1Cc1ccc(I)cc1F. The zero-order chi connectivity index (χ0) is 15.5. The van der Waals surface area contributed by atoms with Gasteiger partial charge >= 0.3 is 0 Å². The third-order valence-electron chi connectivity index (χ3n) is 3.79. The van der Waals surface area contributed by atoms with E-state index in [1.807, 2.05) is 6.07 Å². The van der Waals surface area contributed by atoms with E-state index in [-0.39, 0.29) is 11.7 Å². The molecule has 1 amide bonds. The molecule has 1 N–H and O–H groups in total. The van der Waals surface area contributed by atoms with E-state index in [4.69, 9.17) is 0 Å². The first kappa shape index (κ1) is 15.4. The second kappa shape index (κ2) is 6.73. The highest BCUT2D eigenvalue weighted by molar-refractivity contribution is 14.1. The van der Waals surface area contributed by atoms with E-state index >= 15 is 0 Å². The molecule has 1 aliphatic carbocycles. The Bertz CT molecular complexity index is 701. The molecule has 0 unspecified atom stereocenters. The molecule has 114 valence electrons. The molecule has 0 saturated heterocycles. The Morgan fingerprint density at radius 3 is 2.86 bits per heavy atom. The molecule has 0 bridgehead atoms. The van der Waals surface area contributed by atoms with Crippen molar-refractivity contribution in [1.29, 1.82) is 0 Å². The number of pyridine rings is 1. The van der Waals surface area contributed by atoms with Crippen LogP contribution in [0.2, 0.25) is 0 Å². The molecule has 3 rings (SSSR count). The molecule has 0 atom stereocenters. The fourth-order valence-corrected chi connectivity index (χ4v) is 2.77. The minimum absolute atomic E-state index is 0.102. The number of amides is 1. The van der Waals surface area contributed by atoms with E-state index < -0.39 is 0 Å². The maximum atomic E-state index is 14.0. The Hall–Kier alpha value is -1.50. The molecule has 1 aromatic heterocycles. The van der Waals surface area contributed by atoms with Crippen molar-refractivity contribution in [3.8, 4) is 0 Å². The highest BCUT2D eigenvalue weighted by Gasteiger charge is 2.22. The van der Waals surface area contributed by atoms with Gasteiger partial charge in [-0.25, -0.2) is 4.39 Å². The summed E-state index contributed by atoms with van der Waals surface area (Å²) in [6.07, 6.45) is 5.99. The van der Waals surface area contributed by atoms with Gasteiger partial charge in [-0.1, -0.05) is 6.07 Å². The van der Waals surface area contributed by atoms with Gasteiger partial charge in [0.1, 0.15) is 5.82 Å². The summed E-state index contributed by atoms with van der Waals surface area (Å²) in [5.41, 5.74) is 1.90. The van der Waals surface area contributed by atoms with Gasteiger partial charge in [0, 0.05) is 34.5 Å². The van der Waals surface area contributed by atoms with E-state index in [0.717, 1.165) is 15.7 Å². The van der Waals surface area contributed by atoms with Crippen molar-refractivity contribution in [2.24, 2.45) is 5.92 Å². The summed E-state index contributed by atoms with van der Waals surface area (Å²) in [6.45, 7) is 0.721. The zero-order valence-corrected chi connectivity index (χ0v) is 14.1. The summed E-state index contributed by atoms with van der Waals surface area (Å²) in [4.78, 5) is 16.4. The van der Waals surface area contributed by atoms with Gasteiger partial charge in [-0.2, -0.15) is 0 Å². The Balaban J connectivity index is 1.79. The first-order chi connectivity index (χ1) is 10.6. The lowest BCUT2D eigenvalue weighted by Gasteiger charge is -2.10. The van der Waals surface area contributed by atoms with E-state index in [1.165, 1.54) is 18.9 Å². The Morgan fingerprint density at radius 1 is 1.32 bits per heavy atom. The molecule has 1 fully saturated rings. The largest absolute Gasteiger partial charge is 0.352 e. The number of carbonyl (C=O) groups excluding carboxylic acids is 1. The summed E-state index contributed by atoms with van der Waals surface area (Å²) in [7, 11) is 0. The van der Waals surface area contributed by atoms with Crippen molar-refractivity contribution >= 4 is 28.5 Å². The average Bonchev–Trinajstić information content (AvgIpc) is 3.32. The second-order valence-corrected chi connectivity index (χ2v) is 6.84. The minimum atomic E-state index is -0.250. The molecule has 5 heteroatoms. The van der Waals surface area contributed by atoms with Crippen LogP contribution in [0.5, 0.6) is 0 Å². The van der Waals surface area contributed by atoms with Gasteiger partial charge in [-0.15, -0.1) is 0 Å². The number of benzene rings is 1. The number of hydrogen-bond donors (Lipinski definition) is 1. The molecule has 0 aliphatic heterocycles. The molecule has 3 nitrogen and oxygen atoms in total. The predicted molar refractivity (Wildman–Crippen MR) is 91.2 cm³/mol. The predicted octanol–water partition coefficient (Wildman–Crippen LogP) is 3.56. The van der Waals surface area contributed by atoms with Crippen molar-refractivity contribution in [1.82, 2.24) is 10.3 Å². The lowest BCUT2D eigenvalue weighted by atomic mass is 10.0. The lowest BCUT2D eigenvalue weighted by Crippen LogP contribution is -2.26. The van der Waals surface area contributed by atoms with Crippen LogP contribution in [0.25, 0.3) is 0 Å². The Morgan fingerprint density at radius 2 is 2.14 bits per heavy atom. The maximum absolute atomic E-state index is 14.0. The molecule has 1 aromatic carbocycles. The van der Waals surface area contributed by atoms with Gasteiger partial charge in [0.05, 0.1) is 0 Å². The molecular formula is C17H16FIN2O. The van der Waals surface area contributed by atoms with E-state index in [0.29, 0.717) is 23.5 Å². The van der Waals surface area contributed by atoms with Crippen molar-refractivity contribution in [2.45, 2.75) is 19.3 Å². The lowest BCUT2D eigenvalue weighted by molar-refractivity contribution is 0.0951. The quantitative estimate of drug-likeness (QED) is 0.767. The monoisotopic (exact) mass is 410 g/mol. The van der Waals surface area contributed by atoms with Gasteiger partial charge in [0.2, 0.25) is 0 Å². The number of aromatic nitrogens is 1. The maximum Gasteiger partial charge on any atom is 0.251 e. The molecule has 22 heavy (non-hydrogen) atoms. The van der Waals surface area contributed by atoms with Gasteiger partial charge in [-0.05, 0) is 70.7 Å². The minimum Gasteiger partial charge on any atom is -0.352 e. The second-order valence-electron chi connectivity index (χ2n) is 5.60. The van der Waals surface area contributed by atoms with Crippen LogP contribution in [0.15, 0.2) is 36.7 Å². The van der Waals surface area contributed by atoms with E-state index in [9.17, 15) is 9.18 Å². The van der Waals surface area contributed by atoms with Crippen LogP contribution in [0.3, 0.4) is 0 Å². The molecule has 1 saturated carbocycles. The van der Waals surface area contributed by atoms with Crippen LogP contribution in [-0.4, -0.2) is 17.4 Å². The summed E-state index contributed by atoms with van der Waals surface area (Å²) >= 11 is 2.08. The van der Waals surface area contributed by atoms with Crippen molar-refractivity contribution in [3.05, 3.63) is 62.7 Å². The van der Waals surface area contributed by atoms with Crippen LogP contribution >= 0.6 is 22.6 Å². The van der Waals surface area contributed by atoms with Gasteiger partial charge in [0.25, 0.3) is 5.91 Å². The fourth-order valence-electron chi connectivity index (χ4n) is 2.31. The highest BCUT2D eigenvalue weighted by atomic mass is 127. The standard InChI is InChI=1S/C17H16FIN2O/c18-16-8-14(19)4-3-12(16)7-13-10-20-6-5-15(13)17(22)21-9-11-1-2-11/h3-6,8,10-11H,1-2,7,9H2,(H,21,22). The number of hydrogen-bond acceptors (Lipinski definition) is 2. The van der Waals surface area contributed by atoms with Crippen LogP contribution < -0.4 is 5.32 Å². The first-order valence-corrected chi connectivity index (χ1v) is 8.36. The normalized spacial score (nSPS) is 13.9. The van der Waals surface area contributed by atoms with Crippen LogP contribution in [0.1, 0.15) is 34.3 Å². The van der Waals surface area contributed by atoms with E-state index in [2.05, 4.69) is 32.9 Å². The molecule has 0 spiro atoms. The topological polar surface area (TPSA) is 42.0 Å². The van der Waals surface area contributed by atoms with Gasteiger partial charge in [-0.3, -0.25) is 9.78 Å². The Labute approximate surface area is 142 Å². The van der Waals surface area contributed by atoms with Crippen LogP contribution in [0, 0.1) is 15.3 Å². The van der Waals surface area contributed by atoms with Gasteiger partial charge in [0.15, 0.2) is 0 Å². The summed E-state index contributed by atoms with van der Waals surface area (Å²) in [5, 5.41) is 2.95. The molecule has 1 heterocycles. The van der Waals surface area contributed by atoms with Crippen molar-refractivity contribution < 1.29 is 9.18 Å². The summed E-state index contributed by atoms with van der Waals surface area (Å²) < 4.78 is 14.9. The number of nitrogens with one attached hydrogen (secondary N) is 1. The third kappa shape index (κ3) is 3.82. The molecule has 2 aromatic rings. The number of carbonyl (C=O) groups is 1. The average molecular weight is 410 g/mol. The molecule has 0 radical (unpaired) electrons. The first-order valence-electron chi connectivity index (χ1n) is 7.28. The summed E-state index contributed by atoms with van der Waals surface area (Å²) in [6, 6.07) is 6.82. The van der Waals surface area contributed by atoms with Crippen LogP contribution in [0.4, 0.5) is 4.39 Å². The molecule has 1 aliphatic rings. The fraction of sp³-hybridized carbons (Fsp3) is 0.294. The molecular weight excluding hydrogens is 394 g/mol. The van der Waals surface area contributed by atoms with E-state index in [1.54, 1.807) is 24.5 Å². The zero-order valence-electron chi connectivity index (χ0n) is 12.0. The smallest absolute Gasteiger partial charge is 0.251 e. The van der Waals surface area contributed by atoms with Gasteiger partial charge < -0.3 is 5.32 Å². The van der Waals surface area contributed by atoms with Crippen molar-refractivity contribution in [2.75, 3.05) is 6.54 Å². The Kier molecular flexibility index (Phi) is 4.71. The van der Waals surface area contributed by atoms with Crippen molar-refractivity contribution in [3.63, 3.8) is 0 Å².